The Bertz CT molecular complexity index is 510. The van der Waals surface area contributed by atoms with E-state index in [-0.39, 0.29) is 5.41 Å². The van der Waals surface area contributed by atoms with E-state index in [4.69, 9.17) is 0 Å². The van der Waals surface area contributed by atoms with E-state index in [1.54, 1.807) is 0 Å². The molecule has 0 aromatic heterocycles. The van der Waals surface area contributed by atoms with Crippen LogP contribution in [-0.4, -0.2) is 5.11 Å². The largest absolute Gasteiger partial charge is 0.507 e. The van der Waals surface area contributed by atoms with Crippen molar-refractivity contribution < 1.29 is 5.11 Å². The summed E-state index contributed by atoms with van der Waals surface area (Å²) in [7, 11) is 0. The van der Waals surface area contributed by atoms with Gasteiger partial charge in [-0.15, -0.1) is 0 Å². The zero-order valence-corrected chi connectivity index (χ0v) is 18.5. The second-order valence-electron chi connectivity index (χ2n) is 9.35. The third-order valence-corrected chi connectivity index (χ3v) is 5.72. The molecule has 0 aliphatic heterocycles. The Balaban J connectivity index is 2.35. The fourth-order valence-electron chi connectivity index (χ4n) is 3.71. The molecule has 1 rings (SSSR count). The summed E-state index contributed by atoms with van der Waals surface area (Å²) >= 11 is 0. The Kier molecular flexibility index (Phi) is 10.4. The van der Waals surface area contributed by atoms with Crippen LogP contribution in [0.1, 0.15) is 128 Å². The number of aromatic hydroxyl groups is 1. The van der Waals surface area contributed by atoms with Crippen molar-refractivity contribution in [3.8, 4) is 5.75 Å². The zero-order valence-electron chi connectivity index (χ0n) is 18.5. The zero-order chi connectivity index (χ0) is 19.6. The highest BCUT2D eigenvalue weighted by atomic mass is 16.3. The summed E-state index contributed by atoms with van der Waals surface area (Å²) in [5.74, 6) is 0.947. The van der Waals surface area contributed by atoms with Gasteiger partial charge in [0.1, 0.15) is 5.75 Å². The lowest BCUT2D eigenvalue weighted by Crippen LogP contribution is -2.12. The van der Waals surface area contributed by atoms with Gasteiger partial charge in [0.05, 0.1) is 0 Å². The summed E-state index contributed by atoms with van der Waals surface area (Å²) in [6.45, 7) is 13.3. The predicted molar refractivity (Wildman–Crippen MR) is 116 cm³/mol. The maximum atomic E-state index is 10.5. The van der Waals surface area contributed by atoms with Gasteiger partial charge < -0.3 is 5.11 Å². The van der Waals surface area contributed by atoms with Crippen LogP contribution >= 0.6 is 0 Å². The third-order valence-electron chi connectivity index (χ3n) is 5.72. The molecular weight excluding hydrogens is 316 g/mol. The molecule has 0 saturated heterocycles. The van der Waals surface area contributed by atoms with E-state index >= 15 is 0 Å². The number of unbranched alkanes of at least 4 members (excludes halogenated alkanes) is 9. The summed E-state index contributed by atoms with van der Waals surface area (Å²) < 4.78 is 0. The van der Waals surface area contributed by atoms with E-state index in [2.05, 4.69) is 46.8 Å². The quantitative estimate of drug-likeness (QED) is 0.371. The van der Waals surface area contributed by atoms with Crippen LogP contribution in [0.5, 0.6) is 5.75 Å². The molecule has 1 aromatic carbocycles. The maximum Gasteiger partial charge on any atom is 0.121 e. The average Bonchev–Trinajstić information content (AvgIpc) is 2.57. The SMILES string of the molecule is CCCCCCCCCCCCC(C)c1cc(C(C)(C)C)cc(C)c1O. The minimum absolute atomic E-state index is 0.129. The Labute approximate surface area is 163 Å². The number of rotatable bonds is 12. The first-order valence-corrected chi connectivity index (χ1v) is 11.1. The number of benzene rings is 1. The van der Waals surface area contributed by atoms with E-state index in [1.807, 2.05) is 6.92 Å². The molecule has 0 amide bonds. The molecule has 0 radical (unpaired) electrons. The summed E-state index contributed by atoms with van der Waals surface area (Å²) in [5.41, 5.74) is 3.62. The van der Waals surface area contributed by atoms with Crippen molar-refractivity contribution in [2.24, 2.45) is 0 Å². The molecule has 0 saturated carbocycles. The first kappa shape index (κ1) is 23.1. The highest BCUT2D eigenvalue weighted by Gasteiger charge is 2.19. The number of phenols is 1. The van der Waals surface area contributed by atoms with Gasteiger partial charge in [0, 0.05) is 0 Å². The average molecular weight is 361 g/mol. The monoisotopic (exact) mass is 360 g/mol. The lowest BCUT2D eigenvalue weighted by atomic mass is 9.82. The fraction of sp³-hybridized carbons (Fsp3) is 0.760. The topological polar surface area (TPSA) is 20.2 Å². The molecule has 1 N–H and O–H groups in total. The standard InChI is InChI=1S/C25H44O/c1-7-8-9-10-11-12-13-14-15-16-17-20(2)23-19-22(25(4,5)6)18-21(3)24(23)26/h18-20,26H,7-17H2,1-6H3. The van der Waals surface area contributed by atoms with Crippen LogP contribution in [0.2, 0.25) is 0 Å². The van der Waals surface area contributed by atoms with Gasteiger partial charge in [-0.2, -0.15) is 0 Å². The van der Waals surface area contributed by atoms with Crippen molar-refractivity contribution in [2.45, 2.75) is 124 Å². The van der Waals surface area contributed by atoms with Gasteiger partial charge >= 0.3 is 0 Å². The van der Waals surface area contributed by atoms with Crippen LogP contribution in [0.25, 0.3) is 0 Å². The van der Waals surface area contributed by atoms with Crippen LogP contribution in [0.4, 0.5) is 0 Å². The Morgan fingerprint density at radius 2 is 1.35 bits per heavy atom. The molecular formula is C25H44O. The summed E-state index contributed by atoms with van der Waals surface area (Å²) in [4.78, 5) is 0. The van der Waals surface area contributed by atoms with Crippen molar-refractivity contribution in [1.82, 2.24) is 0 Å². The van der Waals surface area contributed by atoms with Gasteiger partial charge in [-0.1, -0.05) is 111 Å². The van der Waals surface area contributed by atoms with Gasteiger partial charge in [0.15, 0.2) is 0 Å². The van der Waals surface area contributed by atoms with Crippen molar-refractivity contribution in [1.29, 1.82) is 0 Å². The van der Waals surface area contributed by atoms with E-state index in [9.17, 15) is 5.11 Å². The molecule has 1 atom stereocenters. The minimum atomic E-state index is 0.129. The first-order chi connectivity index (χ1) is 12.3. The number of aryl methyl sites for hydroxylation is 1. The van der Waals surface area contributed by atoms with Crippen molar-refractivity contribution in [3.05, 3.63) is 28.8 Å². The van der Waals surface area contributed by atoms with E-state index < -0.39 is 0 Å². The Morgan fingerprint density at radius 1 is 0.846 bits per heavy atom. The lowest BCUT2D eigenvalue weighted by molar-refractivity contribution is 0.451. The predicted octanol–water partition coefficient (Wildman–Crippen LogP) is 8.41. The molecule has 1 unspecified atom stereocenters. The van der Waals surface area contributed by atoms with Crippen molar-refractivity contribution in [3.63, 3.8) is 0 Å². The number of phenolic OH excluding ortho intramolecular Hbond substituents is 1. The van der Waals surface area contributed by atoms with Crippen LogP contribution in [0, 0.1) is 6.92 Å². The third kappa shape index (κ3) is 8.14. The van der Waals surface area contributed by atoms with Gasteiger partial charge in [0.2, 0.25) is 0 Å². The number of hydrogen-bond donors (Lipinski definition) is 1. The van der Waals surface area contributed by atoms with Crippen molar-refractivity contribution >= 4 is 0 Å². The molecule has 1 aromatic rings. The van der Waals surface area contributed by atoms with E-state index in [1.165, 1.54) is 76.2 Å². The highest BCUT2D eigenvalue weighted by molar-refractivity contribution is 5.46. The Morgan fingerprint density at radius 3 is 1.85 bits per heavy atom. The molecule has 0 fully saturated rings. The van der Waals surface area contributed by atoms with Gasteiger partial charge in [-0.25, -0.2) is 0 Å². The normalized spacial score (nSPS) is 13.2. The molecule has 150 valence electrons. The van der Waals surface area contributed by atoms with Crippen LogP contribution in [0.15, 0.2) is 12.1 Å². The highest BCUT2D eigenvalue weighted by Crippen LogP contribution is 2.36. The second kappa shape index (κ2) is 11.7. The molecule has 0 heterocycles. The smallest absolute Gasteiger partial charge is 0.121 e. The van der Waals surface area contributed by atoms with E-state index in [0.29, 0.717) is 11.7 Å². The second-order valence-corrected chi connectivity index (χ2v) is 9.35. The molecule has 0 spiro atoms. The molecule has 26 heavy (non-hydrogen) atoms. The Hall–Kier alpha value is -0.980. The minimum Gasteiger partial charge on any atom is -0.507 e. The van der Waals surface area contributed by atoms with Gasteiger partial charge in [-0.3, -0.25) is 0 Å². The summed E-state index contributed by atoms with van der Waals surface area (Å²) in [6.07, 6.45) is 15.0. The van der Waals surface area contributed by atoms with Gasteiger partial charge in [0.25, 0.3) is 0 Å². The summed E-state index contributed by atoms with van der Waals surface area (Å²) in [5, 5.41) is 10.5. The summed E-state index contributed by atoms with van der Waals surface area (Å²) in [6, 6.07) is 4.38. The molecule has 1 nitrogen and oxygen atoms in total. The van der Waals surface area contributed by atoms with Crippen molar-refractivity contribution in [2.75, 3.05) is 0 Å². The van der Waals surface area contributed by atoms with Gasteiger partial charge in [-0.05, 0) is 41.4 Å². The number of hydrogen-bond acceptors (Lipinski definition) is 1. The van der Waals surface area contributed by atoms with E-state index in [0.717, 1.165) is 11.1 Å². The molecule has 0 bridgehead atoms. The molecule has 0 aliphatic carbocycles. The maximum absolute atomic E-state index is 10.5. The fourth-order valence-corrected chi connectivity index (χ4v) is 3.71. The van der Waals surface area contributed by atoms with Crippen LogP contribution < -0.4 is 0 Å². The molecule has 0 aliphatic rings. The lowest BCUT2D eigenvalue weighted by Gasteiger charge is -2.23. The first-order valence-electron chi connectivity index (χ1n) is 11.1. The molecule has 1 heteroatoms. The van der Waals surface area contributed by atoms with Crippen LogP contribution in [0.3, 0.4) is 0 Å². The van der Waals surface area contributed by atoms with Crippen LogP contribution in [-0.2, 0) is 5.41 Å².